The van der Waals surface area contributed by atoms with Crippen LogP contribution in [0.25, 0.3) is 45.0 Å². The maximum absolute atomic E-state index is 6.00. The molecule has 22 heavy (non-hydrogen) atoms. The molecule has 4 rings (SSSR count). The Morgan fingerprint density at radius 2 is 1.86 bits per heavy atom. The van der Waals surface area contributed by atoms with Gasteiger partial charge in [-0.1, -0.05) is 36.9 Å². The number of benzene rings is 2. The quantitative estimate of drug-likeness (QED) is 0.459. The van der Waals surface area contributed by atoms with Crippen LogP contribution in [-0.2, 0) is 7.05 Å². The van der Waals surface area contributed by atoms with Crippen LogP contribution in [0.15, 0.2) is 53.5 Å². The second kappa shape index (κ2) is 4.63. The van der Waals surface area contributed by atoms with E-state index in [4.69, 9.17) is 4.42 Å². The number of para-hydroxylation sites is 1. The third-order valence-electron chi connectivity index (χ3n) is 4.31. The zero-order chi connectivity index (χ0) is 15.3. The predicted octanol–water partition coefficient (Wildman–Crippen LogP) is 5.75. The van der Waals surface area contributed by atoms with Crippen LogP contribution in [-0.4, -0.2) is 4.57 Å². The Balaban J connectivity index is 2.32. The average Bonchev–Trinajstić information content (AvgIpc) is 3.03. The number of hydrogen-bond acceptors (Lipinski definition) is 1. The molecular weight excluding hydrogens is 270 g/mol. The van der Waals surface area contributed by atoms with E-state index in [-0.39, 0.29) is 0 Å². The summed E-state index contributed by atoms with van der Waals surface area (Å²) in [6.45, 7) is 6.02. The molecule has 0 radical (unpaired) electrons. The second-order valence-corrected chi connectivity index (χ2v) is 5.50. The van der Waals surface area contributed by atoms with E-state index in [0.717, 1.165) is 22.2 Å². The molecule has 0 atom stereocenters. The first-order valence-corrected chi connectivity index (χ1v) is 7.44. The molecule has 4 aromatic rings. The zero-order valence-corrected chi connectivity index (χ0v) is 12.8. The highest BCUT2D eigenvalue weighted by Crippen LogP contribution is 2.38. The van der Waals surface area contributed by atoms with Crippen molar-refractivity contribution in [3.63, 3.8) is 0 Å². The van der Waals surface area contributed by atoms with Crippen molar-refractivity contribution in [1.29, 1.82) is 0 Å². The van der Waals surface area contributed by atoms with Gasteiger partial charge in [-0.15, -0.1) is 0 Å². The van der Waals surface area contributed by atoms with Gasteiger partial charge in [-0.25, -0.2) is 0 Å². The number of furan rings is 1. The maximum atomic E-state index is 6.00. The van der Waals surface area contributed by atoms with Crippen LogP contribution in [0, 0.1) is 0 Å². The summed E-state index contributed by atoms with van der Waals surface area (Å²) in [5, 5.41) is 3.57. The monoisotopic (exact) mass is 287 g/mol. The van der Waals surface area contributed by atoms with Gasteiger partial charge in [0.2, 0.25) is 0 Å². The van der Waals surface area contributed by atoms with Gasteiger partial charge < -0.3 is 8.98 Å². The van der Waals surface area contributed by atoms with Crippen LogP contribution in [0.2, 0.25) is 0 Å². The Hall–Kier alpha value is -2.74. The molecule has 2 aromatic carbocycles. The van der Waals surface area contributed by atoms with Crippen molar-refractivity contribution < 1.29 is 4.42 Å². The Morgan fingerprint density at radius 3 is 2.64 bits per heavy atom. The Kier molecular flexibility index (Phi) is 2.73. The van der Waals surface area contributed by atoms with Gasteiger partial charge in [0, 0.05) is 29.1 Å². The highest BCUT2D eigenvalue weighted by Gasteiger charge is 2.17. The zero-order valence-electron chi connectivity index (χ0n) is 12.8. The lowest BCUT2D eigenvalue weighted by molar-refractivity contribution is 0.669. The molecule has 0 aliphatic carbocycles. The van der Waals surface area contributed by atoms with Crippen LogP contribution in [0.5, 0.6) is 0 Å². The highest BCUT2D eigenvalue weighted by molar-refractivity contribution is 6.19. The smallest absolute Gasteiger partial charge is 0.137 e. The maximum Gasteiger partial charge on any atom is 0.137 e. The number of aromatic nitrogens is 1. The molecular formula is C20H17NO. The molecule has 0 spiro atoms. The van der Waals surface area contributed by atoms with Crippen molar-refractivity contribution in [3.8, 4) is 0 Å². The molecule has 0 bridgehead atoms. The summed E-state index contributed by atoms with van der Waals surface area (Å²) >= 11 is 0. The van der Waals surface area contributed by atoms with Crippen molar-refractivity contribution in [2.45, 2.75) is 6.92 Å². The van der Waals surface area contributed by atoms with Gasteiger partial charge in [0.15, 0.2) is 0 Å². The molecule has 2 heterocycles. The third-order valence-corrected chi connectivity index (χ3v) is 4.31. The van der Waals surface area contributed by atoms with Gasteiger partial charge >= 0.3 is 0 Å². The van der Waals surface area contributed by atoms with Crippen molar-refractivity contribution >= 4 is 45.0 Å². The normalized spacial score (nSPS) is 12.1. The molecule has 0 aliphatic rings. The summed E-state index contributed by atoms with van der Waals surface area (Å²) < 4.78 is 8.21. The van der Waals surface area contributed by atoms with Crippen LogP contribution >= 0.6 is 0 Å². The van der Waals surface area contributed by atoms with Gasteiger partial charge in [-0.05, 0) is 31.2 Å². The lowest BCUT2D eigenvalue weighted by Crippen LogP contribution is -1.91. The van der Waals surface area contributed by atoms with Crippen molar-refractivity contribution in [3.05, 3.63) is 60.3 Å². The summed E-state index contributed by atoms with van der Waals surface area (Å²) in [4.78, 5) is 0. The van der Waals surface area contributed by atoms with E-state index in [9.17, 15) is 0 Å². The number of aryl methyl sites for hydroxylation is 1. The molecule has 0 saturated heterocycles. The van der Waals surface area contributed by atoms with E-state index in [1.807, 2.05) is 25.1 Å². The minimum atomic E-state index is 0.928. The largest absolute Gasteiger partial charge is 0.456 e. The fourth-order valence-electron chi connectivity index (χ4n) is 3.39. The molecule has 0 amide bonds. The number of fused-ring (bicyclic) bond motifs is 5. The van der Waals surface area contributed by atoms with E-state index in [1.165, 1.54) is 21.9 Å². The van der Waals surface area contributed by atoms with E-state index < -0.39 is 0 Å². The van der Waals surface area contributed by atoms with Crippen molar-refractivity contribution in [2.24, 2.45) is 7.05 Å². The molecule has 0 unspecified atom stereocenters. The van der Waals surface area contributed by atoms with Crippen molar-refractivity contribution in [2.75, 3.05) is 0 Å². The standard InChI is InChI=1S/C20H17NO/c1-4-8-13-14-11-12-18-19(20(14)21(3)16(13)5-2)15-9-6-7-10-17(15)22-18/h4-12H,2H2,1,3H3/b8-4-. The van der Waals surface area contributed by atoms with Crippen LogP contribution in [0.4, 0.5) is 0 Å². The van der Waals surface area contributed by atoms with Crippen molar-refractivity contribution in [1.82, 2.24) is 4.57 Å². The van der Waals surface area contributed by atoms with E-state index in [1.54, 1.807) is 0 Å². The predicted molar refractivity (Wildman–Crippen MR) is 95.0 cm³/mol. The average molecular weight is 287 g/mol. The molecule has 2 aromatic heterocycles. The minimum Gasteiger partial charge on any atom is -0.456 e. The topological polar surface area (TPSA) is 18.1 Å². The molecule has 0 saturated carbocycles. The van der Waals surface area contributed by atoms with E-state index >= 15 is 0 Å². The second-order valence-electron chi connectivity index (χ2n) is 5.50. The van der Waals surface area contributed by atoms with Gasteiger partial charge in [0.1, 0.15) is 11.2 Å². The number of rotatable bonds is 2. The number of nitrogens with zero attached hydrogens (tertiary/aromatic N) is 1. The lowest BCUT2D eigenvalue weighted by atomic mass is 10.1. The summed E-state index contributed by atoms with van der Waals surface area (Å²) in [6.07, 6.45) is 6.14. The Bertz CT molecular complexity index is 1060. The summed E-state index contributed by atoms with van der Waals surface area (Å²) in [7, 11) is 2.09. The van der Waals surface area contributed by atoms with E-state index in [2.05, 4.69) is 54.6 Å². The first-order valence-electron chi connectivity index (χ1n) is 7.44. The Labute approximate surface area is 129 Å². The Morgan fingerprint density at radius 1 is 1.05 bits per heavy atom. The van der Waals surface area contributed by atoms with Gasteiger partial charge in [-0.3, -0.25) is 0 Å². The van der Waals surface area contributed by atoms with Gasteiger partial charge in [0.25, 0.3) is 0 Å². The van der Waals surface area contributed by atoms with Crippen LogP contribution < -0.4 is 0 Å². The van der Waals surface area contributed by atoms with Crippen LogP contribution in [0.1, 0.15) is 18.2 Å². The first-order chi connectivity index (χ1) is 10.8. The summed E-state index contributed by atoms with van der Waals surface area (Å²) in [5.74, 6) is 0. The molecule has 0 N–H and O–H groups in total. The summed E-state index contributed by atoms with van der Waals surface area (Å²) in [6, 6.07) is 12.4. The van der Waals surface area contributed by atoms with Gasteiger partial charge in [-0.2, -0.15) is 0 Å². The van der Waals surface area contributed by atoms with Gasteiger partial charge in [0.05, 0.1) is 10.9 Å². The lowest BCUT2D eigenvalue weighted by Gasteiger charge is -2.00. The number of allylic oxidation sites excluding steroid dienone is 1. The molecule has 2 nitrogen and oxygen atoms in total. The minimum absolute atomic E-state index is 0.928. The van der Waals surface area contributed by atoms with E-state index in [0.29, 0.717) is 0 Å². The molecule has 108 valence electrons. The fourth-order valence-corrected chi connectivity index (χ4v) is 3.39. The SMILES string of the molecule is C=Cc1c(/C=C\C)c2ccc3oc4ccccc4c3c2n1C. The first kappa shape index (κ1) is 13.0. The number of hydrogen-bond donors (Lipinski definition) is 0. The molecule has 2 heteroatoms. The summed E-state index contributed by atoms with van der Waals surface area (Å²) in [5.41, 5.74) is 5.40. The fraction of sp³-hybridized carbons (Fsp3) is 0.100. The molecule has 0 fully saturated rings. The molecule has 0 aliphatic heterocycles. The highest BCUT2D eigenvalue weighted by atomic mass is 16.3. The van der Waals surface area contributed by atoms with Crippen LogP contribution in [0.3, 0.4) is 0 Å². The third kappa shape index (κ3) is 1.55.